The number of fused-ring (bicyclic) bond motifs is 3. The van der Waals surface area contributed by atoms with Crippen LogP contribution < -0.4 is 10.6 Å². The third-order valence-corrected chi connectivity index (χ3v) is 14.2. The van der Waals surface area contributed by atoms with Crippen LogP contribution in [0, 0.1) is 11.8 Å². The lowest BCUT2D eigenvalue weighted by molar-refractivity contribution is 0.331. The molecule has 7 aliphatic rings. The van der Waals surface area contributed by atoms with Gasteiger partial charge in [-0.2, -0.15) is 0 Å². The standard InChI is InChI=1S/C54H60N4/c1-36-27-29-38(30-28-36)40-18-14-19-41(31-40)50-35-51(57-54(56-50)39-16-4-3-5-17-39)42-32-43(55-49-24-11-8-21-46(49)45-20-7-6-15-37(45)2)34-44(33-42)58-52-25-12-9-22-47(52)48-23-10-13-26-53(48)58/h3-4,8-12,16,19,21-25,27,29-32,34,36-37,44-45,50-51,55H,5-7,13-15,17-18,20,26,28,33,35H2,1-2H3,(H,56,57). The lowest BCUT2D eigenvalue weighted by Gasteiger charge is -2.36. The van der Waals surface area contributed by atoms with Crippen LogP contribution in [0.15, 0.2) is 154 Å². The highest BCUT2D eigenvalue weighted by Crippen LogP contribution is 2.44. The van der Waals surface area contributed by atoms with Crippen molar-refractivity contribution in [1.29, 1.82) is 0 Å². The summed E-state index contributed by atoms with van der Waals surface area (Å²) in [6.45, 7) is 4.78. The second kappa shape index (κ2) is 16.3. The molecule has 296 valence electrons. The van der Waals surface area contributed by atoms with Gasteiger partial charge in [0.2, 0.25) is 0 Å². The molecule has 1 aliphatic heterocycles. The van der Waals surface area contributed by atoms with Crippen molar-refractivity contribution in [2.24, 2.45) is 16.8 Å². The van der Waals surface area contributed by atoms with Gasteiger partial charge in [0.25, 0.3) is 0 Å². The molecular formula is C54H60N4. The maximum absolute atomic E-state index is 5.69. The average Bonchev–Trinajstić information content (AvgIpc) is 3.62. The molecule has 10 rings (SSSR count). The molecule has 0 radical (unpaired) electrons. The largest absolute Gasteiger partial charge is 0.363 e. The summed E-state index contributed by atoms with van der Waals surface area (Å²) in [4.78, 5) is 5.69. The third-order valence-electron chi connectivity index (χ3n) is 14.2. The van der Waals surface area contributed by atoms with Gasteiger partial charge in [-0.05, 0) is 140 Å². The Morgan fingerprint density at radius 2 is 1.71 bits per heavy atom. The van der Waals surface area contributed by atoms with Gasteiger partial charge in [0.15, 0.2) is 0 Å². The van der Waals surface area contributed by atoms with E-state index in [0.717, 1.165) is 63.6 Å². The van der Waals surface area contributed by atoms with Gasteiger partial charge in [0.1, 0.15) is 5.84 Å². The molecule has 0 saturated heterocycles. The fraction of sp³-hybridized carbons (Fsp3) is 0.389. The van der Waals surface area contributed by atoms with Crippen molar-refractivity contribution in [2.45, 2.75) is 121 Å². The first kappa shape index (κ1) is 37.2. The summed E-state index contributed by atoms with van der Waals surface area (Å²) in [6, 6.07) is 18.7. The zero-order valence-corrected chi connectivity index (χ0v) is 34.6. The number of nitrogens with one attached hydrogen (secondary N) is 2. The average molecular weight is 765 g/mol. The number of allylic oxidation sites excluding steroid dienone is 12. The molecule has 0 amide bonds. The van der Waals surface area contributed by atoms with Gasteiger partial charge in [-0.25, -0.2) is 0 Å². The fourth-order valence-corrected chi connectivity index (χ4v) is 11.0. The molecule has 1 fully saturated rings. The molecule has 2 N–H and O–H groups in total. The van der Waals surface area contributed by atoms with E-state index < -0.39 is 0 Å². The number of nitrogens with zero attached hydrogens (tertiary/aromatic N) is 2. The van der Waals surface area contributed by atoms with Gasteiger partial charge in [-0.3, -0.25) is 4.99 Å². The fourth-order valence-electron chi connectivity index (χ4n) is 11.0. The predicted molar refractivity (Wildman–Crippen MR) is 245 cm³/mol. The van der Waals surface area contributed by atoms with Crippen molar-refractivity contribution >= 4 is 28.5 Å². The van der Waals surface area contributed by atoms with Crippen LogP contribution in [0.1, 0.15) is 120 Å². The first-order chi connectivity index (χ1) is 28.6. The quantitative estimate of drug-likeness (QED) is 0.240. The van der Waals surface area contributed by atoms with Crippen LogP contribution >= 0.6 is 0 Å². The van der Waals surface area contributed by atoms with Crippen molar-refractivity contribution in [1.82, 2.24) is 9.88 Å². The van der Waals surface area contributed by atoms with Crippen LogP contribution in [0.3, 0.4) is 0 Å². The predicted octanol–water partition coefficient (Wildman–Crippen LogP) is 13.3. The number of para-hydroxylation sites is 2. The Hall–Kier alpha value is -5.09. The van der Waals surface area contributed by atoms with Crippen LogP contribution in [-0.2, 0) is 6.42 Å². The van der Waals surface area contributed by atoms with Crippen LogP contribution in [-0.4, -0.2) is 22.5 Å². The topological polar surface area (TPSA) is 41.4 Å². The first-order valence-electron chi connectivity index (χ1n) is 22.6. The third kappa shape index (κ3) is 7.40. The minimum absolute atomic E-state index is 0.0709. The van der Waals surface area contributed by atoms with Crippen molar-refractivity contribution < 1.29 is 0 Å². The number of hydrogen-bond acceptors (Lipinski definition) is 3. The summed E-state index contributed by atoms with van der Waals surface area (Å²) in [6.07, 6.45) is 43.5. The molecule has 1 saturated carbocycles. The van der Waals surface area contributed by atoms with Crippen LogP contribution in [0.25, 0.3) is 17.0 Å². The summed E-state index contributed by atoms with van der Waals surface area (Å²) in [5, 5.41) is 9.48. The minimum atomic E-state index is 0.0709. The minimum Gasteiger partial charge on any atom is -0.363 e. The normalized spacial score (nSPS) is 28.3. The van der Waals surface area contributed by atoms with E-state index in [1.165, 1.54) is 92.7 Å². The van der Waals surface area contributed by atoms with Gasteiger partial charge < -0.3 is 15.2 Å². The summed E-state index contributed by atoms with van der Waals surface area (Å²) in [5.74, 6) is 3.00. The summed E-state index contributed by atoms with van der Waals surface area (Å²) < 4.78 is 2.69. The van der Waals surface area contributed by atoms with Crippen molar-refractivity contribution in [3.05, 3.63) is 166 Å². The van der Waals surface area contributed by atoms with Crippen LogP contribution in [0.2, 0.25) is 0 Å². The Balaban J connectivity index is 1.06. The lowest BCUT2D eigenvalue weighted by atomic mass is 9.76. The zero-order valence-electron chi connectivity index (χ0n) is 34.6. The molecule has 4 nitrogen and oxygen atoms in total. The highest BCUT2D eigenvalue weighted by molar-refractivity contribution is 6.00. The van der Waals surface area contributed by atoms with Crippen molar-refractivity contribution in [3.63, 3.8) is 0 Å². The highest BCUT2D eigenvalue weighted by atomic mass is 15.1. The number of aliphatic imine (C=N–C) groups is 1. The molecule has 4 heteroatoms. The molecule has 58 heavy (non-hydrogen) atoms. The van der Waals surface area contributed by atoms with E-state index in [1.54, 1.807) is 0 Å². The number of hydrogen-bond donors (Lipinski definition) is 2. The number of benzene rings is 2. The smallest absolute Gasteiger partial charge is 0.125 e. The highest BCUT2D eigenvalue weighted by Gasteiger charge is 2.34. The molecule has 6 aliphatic carbocycles. The molecule has 1 aromatic heterocycles. The molecule has 3 aromatic rings. The Morgan fingerprint density at radius 3 is 2.59 bits per heavy atom. The summed E-state index contributed by atoms with van der Waals surface area (Å²) in [5.41, 5.74) is 15.3. The number of aromatic nitrogens is 1. The molecule has 0 spiro atoms. The van der Waals surface area contributed by atoms with Crippen LogP contribution in [0.4, 0.5) is 5.69 Å². The summed E-state index contributed by atoms with van der Waals surface area (Å²) >= 11 is 0. The maximum atomic E-state index is 5.69. The maximum Gasteiger partial charge on any atom is 0.125 e. The zero-order chi connectivity index (χ0) is 39.0. The Morgan fingerprint density at radius 1 is 0.845 bits per heavy atom. The Bertz CT molecular complexity index is 2400. The van der Waals surface area contributed by atoms with Crippen molar-refractivity contribution in [3.8, 4) is 0 Å². The van der Waals surface area contributed by atoms with E-state index in [4.69, 9.17) is 4.99 Å². The van der Waals surface area contributed by atoms with Gasteiger partial charge in [0.05, 0.1) is 18.1 Å². The molecule has 6 atom stereocenters. The molecular weight excluding hydrogens is 705 g/mol. The van der Waals surface area contributed by atoms with Gasteiger partial charge in [-0.15, -0.1) is 0 Å². The molecule has 6 unspecified atom stereocenters. The van der Waals surface area contributed by atoms with E-state index >= 15 is 0 Å². The second-order valence-electron chi connectivity index (χ2n) is 18.1. The Labute approximate surface area is 346 Å². The summed E-state index contributed by atoms with van der Waals surface area (Å²) in [7, 11) is 0. The number of anilines is 1. The SMILES string of the molecule is CC1C=CC(C2=CC(C3CC(C4=CC(Nc5ccccc5C5CCCCC5C)=CC(n5c6c(c7ccccc75)C=CCC6)C4)N=C(C4=CC=CCC4)N3)=CCC2)=CC1. The van der Waals surface area contributed by atoms with E-state index in [0.29, 0.717) is 17.8 Å². The van der Waals surface area contributed by atoms with Crippen LogP contribution in [0.5, 0.6) is 0 Å². The number of amidine groups is 1. The number of rotatable bonds is 8. The Kier molecular flexibility index (Phi) is 10.4. The second-order valence-corrected chi connectivity index (χ2v) is 18.1. The first-order valence-corrected chi connectivity index (χ1v) is 22.6. The molecule has 0 bridgehead atoms. The van der Waals surface area contributed by atoms with E-state index in [9.17, 15) is 0 Å². The van der Waals surface area contributed by atoms with Crippen molar-refractivity contribution in [2.75, 3.05) is 5.32 Å². The lowest BCUT2D eigenvalue weighted by Crippen LogP contribution is -2.45. The van der Waals surface area contributed by atoms with E-state index in [-0.39, 0.29) is 18.1 Å². The van der Waals surface area contributed by atoms with E-state index in [2.05, 4.69) is 150 Å². The monoisotopic (exact) mass is 764 g/mol. The van der Waals surface area contributed by atoms with E-state index in [1.807, 2.05) is 0 Å². The van der Waals surface area contributed by atoms with Gasteiger partial charge in [-0.1, -0.05) is 130 Å². The molecule has 2 heterocycles. The van der Waals surface area contributed by atoms with Gasteiger partial charge in [0, 0.05) is 33.5 Å². The van der Waals surface area contributed by atoms with Gasteiger partial charge >= 0.3 is 0 Å². The molecule has 2 aromatic carbocycles.